The molecule has 0 amide bonds. The normalized spacial score (nSPS) is 13.3. The van der Waals surface area contributed by atoms with Crippen LogP contribution in [-0.2, 0) is 6.18 Å². The predicted molar refractivity (Wildman–Crippen MR) is 85.5 cm³/mol. The lowest BCUT2D eigenvalue weighted by molar-refractivity contribution is -0.138. The number of hydrogen-bond donors (Lipinski definition) is 1. The van der Waals surface area contributed by atoms with E-state index in [1.165, 1.54) is 17.4 Å². The van der Waals surface area contributed by atoms with Gasteiger partial charge in [0.15, 0.2) is 0 Å². The van der Waals surface area contributed by atoms with E-state index in [0.717, 1.165) is 11.6 Å². The van der Waals surface area contributed by atoms with Crippen molar-refractivity contribution in [1.29, 1.82) is 0 Å². The largest absolute Gasteiger partial charge is 0.417 e. The lowest BCUT2D eigenvalue weighted by atomic mass is 10.1. The van der Waals surface area contributed by atoms with Gasteiger partial charge in [-0.2, -0.15) is 13.2 Å². The molecule has 21 heavy (non-hydrogen) atoms. The van der Waals surface area contributed by atoms with Crippen LogP contribution in [0.2, 0.25) is 8.67 Å². The van der Waals surface area contributed by atoms with E-state index in [-0.39, 0.29) is 10.5 Å². The molecular formula is C13H9BrCl2F3NS. The van der Waals surface area contributed by atoms with E-state index < -0.39 is 11.7 Å². The van der Waals surface area contributed by atoms with Crippen molar-refractivity contribution in [3.8, 4) is 0 Å². The molecule has 1 N–H and O–H groups in total. The zero-order chi connectivity index (χ0) is 15.8. The Morgan fingerprint density at radius 3 is 2.43 bits per heavy atom. The molecule has 0 spiro atoms. The highest BCUT2D eigenvalue weighted by Gasteiger charge is 2.33. The Kier molecular flexibility index (Phi) is 5.13. The summed E-state index contributed by atoms with van der Waals surface area (Å²) in [6.45, 7) is 1.81. The average Bonchev–Trinajstić information content (AvgIpc) is 2.69. The van der Waals surface area contributed by atoms with Gasteiger partial charge in [0.25, 0.3) is 0 Å². The minimum atomic E-state index is -4.41. The fourth-order valence-electron chi connectivity index (χ4n) is 1.81. The third-order valence-electron chi connectivity index (χ3n) is 2.80. The summed E-state index contributed by atoms with van der Waals surface area (Å²) in [7, 11) is 0. The van der Waals surface area contributed by atoms with Crippen LogP contribution < -0.4 is 5.32 Å². The molecule has 0 aliphatic carbocycles. The first kappa shape index (κ1) is 16.9. The molecule has 1 aromatic heterocycles. The number of hydrogen-bond acceptors (Lipinski definition) is 2. The van der Waals surface area contributed by atoms with E-state index in [9.17, 15) is 13.2 Å². The molecular weight excluding hydrogens is 410 g/mol. The first-order valence-corrected chi connectivity index (χ1v) is 8.13. The second-order valence-electron chi connectivity index (χ2n) is 4.34. The van der Waals surface area contributed by atoms with Gasteiger partial charge in [-0.1, -0.05) is 39.1 Å². The summed E-state index contributed by atoms with van der Waals surface area (Å²) in [4.78, 5) is 0. The van der Waals surface area contributed by atoms with Crippen LogP contribution in [-0.4, -0.2) is 0 Å². The van der Waals surface area contributed by atoms with Gasteiger partial charge in [-0.05, 0) is 31.2 Å². The quantitative estimate of drug-likeness (QED) is 0.565. The summed E-state index contributed by atoms with van der Waals surface area (Å²) in [5.41, 5.74) is 0.383. The number of halogens is 6. The van der Waals surface area contributed by atoms with Crippen molar-refractivity contribution in [3.05, 3.63) is 48.5 Å². The van der Waals surface area contributed by atoms with Crippen molar-refractivity contribution in [2.24, 2.45) is 0 Å². The Labute approximate surface area is 142 Å². The van der Waals surface area contributed by atoms with Crippen LogP contribution in [0, 0.1) is 0 Å². The highest BCUT2D eigenvalue weighted by Crippen LogP contribution is 2.39. The van der Waals surface area contributed by atoms with Crippen LogP contribution in [0.25, 0.3) is 0 Å². The Morgan fingerprint density at radius 2 is 1.90 bits per heavy atom. The maximum absolute atomic E-state index is 12.9. The first-order valence-electron chi connectivity index (χ1n) is 5.76. The number of rotatable bonds is 3. The van der Waals surface area contributed by atoms with Gasteiger partial charge in [0.2, 0.25) is 0 Å². The number of nitrogens with one attached hydrogen (secondary N) is 1. The molecule has 1 heterocycles. The molecule has 0 aliphatic rings. The molecule has 2 rings (SSSR count). The minimum Gasteiger partial charge on any atom is -0.378 e. The fraction of sp³-hybridized carbons (Fsp3) is 0.231. The van der Waals surface area contributed by atoms with Crippen molar-refractivity contribution < 1.29 is 13.2 Å². The summed E-state index contributed by atoms with van der Waals surface area (Å²) < 4.78 is 39.6. The van der Waals surface area contributed by atoms with E-state index in [2.05, 4.69) is 21.2 Å². The van der Waals surface area contributed by atoms with Gasteiger partial charge < -0.3 is 5.32 Å². The van der Waals surface area contributed by atoms with Gasteiger partial charge in [-0.3, -0.25) is 0 Å². The first-order chi connectivity index (χ1) is 9.68. The zero-order valence-corrected chi connectivity index (χ0v) is 14.5. The third-order valence-corrected chi connectivity index (χ3v) is 5.01. The highest BCUT2D eigenvalue weighted by molar-refractivity contribution is 9.10. The third kappa shape index (κ3) is 4.06. The van der Waals surface area contributed by atoms with E-state index in [0.29, 0.717) is 14.4 Å². The van der Waals surface area contributed by atoms with Crippen LogP contribution in [0.1, 0.15) is 24.1 Å². The lowest BCUT2D eigenvalue weighted by Gasteiger charge is -2.17. The molecule has 1 aromatic carbocycles. The molecule has 2 aromatic rings. The van der Waals surface area contributed by atoms with Gasteiger partial charge in [0.05, 0.1) is 20.3 Å². The van der Waals surface area contributed by atoms with Gasteiger partial charge >= 0.3 is 6.18 Å². The van der Waals surface area contributed by atoms with Crippen molar-refractivity contribution in [1.82, 2.24) is 0 Å². The highest BCUT2D eigenvalue weighted by atomic mass is 79.9. The SMILES string of the molecule is CC(Nc1ccc(Br)c(C(F)(F)F)c1)c1cc(Cl)sc1Cl. The smallest absolute Gasteiger partial charge is 0.378 e. The van der Waals surface area contributed by atoms with Crippen molar-refractivity contribution in [2.45, 2.75) is 19.1 Å². The Balaban J connectivity index is 2.26. The van der Waals surface area contributed by atoms with Gasteiger partial charge in [0.1, 0.15) is 0 Å². The van der Waals surface area contributed by atoms with Crippen LogP contribution >= 0.6 is 50.5 Å². The van der Waals surface area contributed by atoms with Crippen molar-refractivity contribution >= 4 is 56.2 Å². The molecule has 0 bridgehead atoms. The molecule has 0 saturated carbocycles. The van der Waals surface area contributed by atoms with Crippen LogP contribution in [0.5, 0.6) is 0 Å². The second-order valence-corrected chi connectivity index (χ2v) is 7.48. The Morgan fingerprint density at radius 1 is 1.24 bits per heavy atom. The second kappa shape index (κ2) is 6.36. The van der Waals surface area contributed by atoms with E-state index in [4.69, 9.17) is 23.2 Å². The van der Waals surface area contributed by atoms with Crippen molar-refractivity contribution in [3.63, 3.8) is 0 Å². The molecule has 0 fully saturated rings. The Bertz CT molecular complexity index is 657. The number of anilines is 1. The van der Waals surface area contributed by atoms with Gasteiger partial charge in [-0.25, -0.2) is 0 Å². The van der Waals surface area contributed by atoms with E-state index in [1.54, 1.807) is 19.1 Å². The maximum atomic E-state index is 12.9. The van der Waals surface area contributed by atoms with E-state index in [1.807, 2.05) is 0 Å². The van der Waals surface area contributed by atoms with Crippen LogP contribution in [0.15, 0.2) is 28.7 Å². The lowest BCUT2D eigenvalue weighted by Crippen LogP contribution is -2.10. The fourth-order valence-corrected chi connectivity index (χ4v) is 3.93. The average molecular weight is 419 g/mol. The summed E-state index contributed by atoms with van der Waals surface area (Å²) in [6, 6.07) is 5.43. The summed E-state index contributed by atoms with van der Waals surface area (Å²) in [5, 5.41) is 2.99. The molecule has 0 saturated heterocycles. The number of alkyl halides is 3. The molecule has 1 unspecified atom stereocenters. The number of benzene rings is 1. The minimum absolute atomic E-state index is 0.00446. The standard InChI is InChI=1S/C13H9BrCl2F3NS/c1-6(8-5-11(15)21-12(8)16)20-7-2-3-10(14)9(4-7)13(17,18)19/h2-6,20H,1H3. The van der Waals surface area contributed by atoms with Gasteiger partial charge in [-0.15, -0.1) is 11.3 Å². The Hall–Kier alpha value is -0.430. The van der Waals surface area contributed by atoms with Crippen LogP contribution in [0.4, 0.5) is 18.9 Å². The number of thiophene rings is 1. The summed E-state index contributed by atoms with van der Waals surface area (Å²) in [5.74, 6) is 0. The molecule has 114 valence electrons. The maximum Gasteiger partial charge on any atom is 0.417 e. The summed E-state index contributed by atoms with van der Waals surface area (Å²) in [6.07, 6.45) is -4.41. The molecule has 8 heteroatoms. The monoisotopic (exact) mass is 417 g/mol. The zero-order valence-electron chi connectivity index (χ0n) is 10.6. The molecule has 1 atom stereocenters. The van der Waals surface area contributed by atoms with Crippen molar-refractivity contribution in [2.75, 3.05) is 5.32 Å². The van der Waals surface area contributed by atoms with Gasteiger partial charge in [0, 0.05) is 15.7 Å². The van der Waals surface area contributed by atoms with E-state index >= 15 is 0 Å². The summed E-state index contributed by atoms with van der Waals surface area (Å²) >= 11 is 16.0. The molecule has 1 nitrogen and oxygen atoms in total. The van der Waals surface area contributed by atoms with Crippen LogP contribution in [0.3, 0.4) is 0 Å². The predicted octanol–water partition coefficient (Wildman–Crippen LogP) is 7.01. The molecule has 0 radical (unpaired) electrons. The topological polar surface area (TPSA) is 12.0 Å². The molecule has 0 aliphatic heterocycles.